The third-order valence-electron chi connectivity index (χ3n) is 5.63. The number of nitrogens with zero attached hydrogens (tertiary/aromatic N) is 6. The van der Waals surface area contributed by atoms with E-state index in [1.807, 2.05) is 17.9 Å². The molecule has 0 radical (unpaired) electrons. The topological polar surface area (TPSA) is 51.9 Å². The maximum absolute atomic E-state index is 4.99. The predicted molar refractivity (Wildman–Crippen MR) is 145 cm³/mol. The van der Waals surface area contributed by atoms with Gasteiger partial charge in [-0.3, -0.25) is 14.6 Å². The Hall–Kier alpha value is -1.91. The molecule has 0 spiro atoms. The molecule has 32 heavy (non-hydrogen) atoms. The van der Waals surface area contributed by atoms with E-state index in [0.717, 1.165) is 45.2 Å². The van der Waals surface area contributed by atoms with Crippen molar-refractivity contribution in [2.45, 2.75) is 13.0 Å². The molecule has 1 unspecified atom stereocenters. The molecular formula is C24H38IN7. The summed E-state index contributed by atoms with van der Waals surface area (Å²) in [7, 11) is 6.15. The third kappa shape index (κ3) is 7.90. The first-order valence-corrected chi connectivity index (χ1v) is 11.2. The predicted octanol–water partition coefficient (Wildman–Crippen LogP) is 2.94. The minimum Gasteiger partial charge on any atom is -0.357 e. The third-order valence-corrected chi connectivity index (χ3v) is 5.63. The molecule has 1 aromatic carbocycles. The fourth-order valence-electron chi connectivity index (χ4n) is 3.82. The first-order valence-electron chi connectivity index (χ1n) is 11.2. The normalized spacial score (nSPS) is 16.4. The van der Waals surface area contributed by atoms with E-state index in [2.05, 4.69) is 94.8 Å². The molecule has 176 valence electrons. The van der Waals surface area contributed by atoms with Gasteiger partial charge in [0.2, 0.25) is 0 Å². The molecule has 7 nitrogen and oxygen atoms in total. The van der Waals surface area contributed by atoms with E-state index in [0.29, 0.717) is 6.54 Å². The van der Waals surface area contributed by atoms with Crippen molar-refractivity contribution in [3.8, 4) is 0 Å². The van der Waals surface area contributed by atoms with Gasteiger partial charge in [0.25, 0.3) is 0 Å². The maximum atomic E-state index is 4.99. The van der Waals surface area contributed by atoms with Crippen LogP contribution >= 0.6 is 24.0 Å². The number of guanidine groups is 1. The largest absolute Gasteiger partial charge is 0.357 e. The van der Waals surface area contributed by atoms with E-state index in [9.17, 15) is 0 Å². The minimum atomic E-state index is 0. The smallest absolute Gasteiger partial charge is 0.194 e. The molecule has 1 fully saturated rings. The number of hydrogen-bond acceptors (Lipinski definition) is 4. The van der Waals surface area contributed by atoms with Gasteiger partial charge in [0.05, 0.1) is 18.8 Å². The summed E-state index contributed by atoms with van der Waals surface area (Å²) in [5.41, 5.74) is 2.45. The summed E-state index contributed by atoms with van der Waals surface area (Å²) >= 11 is 0. The van der Waals surface area contributed by atoms with Gasteiger partial charge in [-0.15, -0.1) is 24.0 Å². The summed E-state index contributed by atoms with van der Waals surface area (Å²) in [5.74, 6) is 1.01. The number of rotatable bonds is 8. The zero-order valence-corrected chi connectivity index (χ0v) is 22.1. The number of nitrogens with one attached hydrogen (secondary N) is 1. The first-order chi connectivity index (χ1) is 15.1. The average Bonchev–Trinajstić information content (AvgIpc) is 3.20. The molecule has 1 aliphatic heterocycles. The number of aliphatic imine (C=N–C) groups is 1. The molecular weight excluding hydrogens is 513 g/mol. The van der Waals surface area contributed by atoms with Gasteiger partial charge in [-0.05, 0) is 26.6 Å². The SMILES string of the molecule is CCNC(=NCC(c1cnn(C)c1)N(C)C)N1CCN(C/C=C/c2ccccc2)CC1.I. The van der Waals surface area contributed by atoms with Crippen LogP contribution in [0.4, 0.5) is 0 Å². The van der Waals surface area contributed by atoms with Gasteiger partial charge < -0.3 is 15.1 Å². The molecule has 2 heterocycles. The van der Waals surface area contributed by atoms with Crippen molar-refractivity contribution in [2.24, 2.45) is 12.0 Å². The lowest BCUT2D eigenvalue weighted by Gasteiger charge is -2.36. The highest BCUT2D eigenvalue weighted by atomic mass is 127. The first kappa shape index (κ1) is 26.3. The fourth-order valence-corrected chi connectivity index (χ4v) is 3.82. The molecule has 8 heteroatoms. The Kier molecular flexibility index (Phi) is 11.2. The van der Waals surface area contributed by atoms with Crippen molar-refractivity contribution in [1.82, 2.24) is 29.8 Å². The van der Waals surface area contributed by atoms with E-state index in [1.54, 1.807) is 0 Å². The van der Waals surface area contributed by atoms with Crippen LogP contribution in [0.25, 0.3) is 6.08 Å². The van der Waals surface area contributed by atoms with Crippen molar-refractivity contribution >= 4 is 36.0 Å². The number of aromatic nitrogens is 2. The molecule has 0 bridgehead atoms. The van der Waals surface area contributed by atoms with E-state index in [1.165, 1.54) is 11.1 Å². The molecule has 1 atom stereocenters. The Morgan fingerprint density at radius 2 is 1.91 bits per heavy atom. The number of likely N-dealkylation sites (N-methyl/N-ethyl adjacent to an activating group) is 1. The molecule has 1 saturated heterocycles. The van der Waals surface area contributed by atoms with Crippen molar-refractivity contribution in [1.29, 1.82) is 0 Å². The summed E-state index contributed by atoms with van der Waals surface area (Å²) in [6.45, 7) is 8.77. The van der Waals surface area contributed by atoms with Crippen LogP contribution in [0.3, 0.4) is 0 Å². The van der Waals surface area contributed by atoms with Crippen LogP contribution < -0.4 is 5.32 Å². The Morgan fingerprint density at radius 3 is 2.50 bits per heavy atom. The van der Waals surface area contributed by atoms with Crippen LogP contribution in [0.1, 0.15) is 24.1 Å². The number of halogens is 1. The number of hydrogen-bond donors (Lipinski definition) is 1. The Balaban J connectivity index is 0.00000363. The number of benzene rings is 1. The van der Waals surface area contributed by atoms with Crippen LogP contribution in [0, 0.1) is 0 Å². The van der Waals surface area contributed by atoms with Crippen molar-refractivity contribution in [2.75, 3.05) is 59.9 Å². The molecule has 1 aliphatic rings. The van der Waals surface area contributed by atoms with Crippen molar-refractivity contribution in [3.63, 3.8) is 0 Å². The molecule has 0 amide bonds. The number of piperazine rings is 1. The van der Waals surface area contributed by atoms with Gasteiger partial charge in [-0.25, -0.2) is 0 Å². The Labute approximate surface area is 210 Å². The Bertz CT molecular complexity index is 839. The lowest BCUT2D eigenvalue weighted by Crippen LogP contribution is -2.52. The van der Waals surface area contributed by atoms with E-state index < -0.39 is 0 Å². The molecule has 0 saturated carbocycles. The van der Waals surface area contributed by atoms with E-state index in [-0.39, 0.29) is 30.0 Å². The van der Waals surface area contributed by atoms with Gasteiger partial charge in [-0.2, -0.15) is 5.10 Å². The van der Waals surface area contributed by atoms with Gasteiger partial charge in [0, 0.05) is 58.1 Å². The van der Waals surface area contributed by atoms with Crippen molar-refractivity contribution < 1.29 is 0 Å². The molecule has 0 aliphatic carbocycles. The van der Waals surface area contributed by atoms with Gasteiger partial charge in [0.1, 0.15) is 0 Å². The summed E-state index contributed by atoms with van der Waals surface area (Å²) in [6, 6.07) is 10.7. The van der Waals surface area contributed by atoms with Crippen LogP contribution in [-0.2, 0) is 7.05 Å². The van der Waals surface area contributed by atoms with E-state index >= 15 is 0 Å². The second-order valence-electron chi connectivity index (χ2n) is 8.22. The van der Waals surface area contributed by atoms with Gasteiger partial charge in [0.15, 0.2) is 5.96 Å². The lowest BCUT2D eigenvalue weighted by molar-refractivity contribution is 0.194. The highest BCUT2D eigenvalue weighted by molar-refractivity contribution is 14.0. The standard InChI is InChI=1S/C24H37N7.HI/c1-5-25-24(26-19-23(28(2)3)22-18-27-29(4)20-22)31-16-14-30(15-17-31)13-9-12-21-10-7-6-8-11-21;/h6-12,18,20,23H,5,13-17,19H2,1-4H3,(H,25,26);1H/b12-9+;. The summed E-state index contributed by atoms with van der Waals surface area (Å²) in [4.78, 5) is 12.1. The quantitative estimate of drug-likeness (QED) is 0.311. The second kappa shape index (κ2) is 13.6. The summed E-state index contributed by atoms with van der Waals surface area (Å²) < 4.78 is 1.85. The van der Waals surface area contributed by atoms with Crippen LogP contribution in [-0.4, -0.2) is 90.3 Å². The fraction of sp³-hybridized carbons (Fsp3) is 0.500. The van der Waals surface area contributed by atoms with Crippen LogP contribution in [0.2, 0.25) is 0 Å². The Morgan fingerprint density at radius 1 is 1.19 bits per heavy atom. The van der Waals surface area contributed by atoms with Gasteiger partial charge in [-0.1, -0.05) is 42.5 Å². The van der Waals surface area contributed by atoms with Crippen LogP contribution in [0.5, 0.6) is 0 Å². The summed E-state index contributed by atoms with van der Waals surface area (Å²) in [5, 5.41) is 7.82. The second-order valence-corrected chi connectivity index (χ2v) is 8.22. The highest BCUT2D eigenvalue weighted by Gasteiger charge is 2.20. The minimum absolute atomic E-state index is 0. The number of aryl methyl sites for hydroxylation is 1. The molecule has 1 N–H and O–H groups in total. The average molecular weight is 552 g/mol. The highest BCUT2D eigenvalue weighted by Crippen LogP contribution is 2.18. The lowest BCUT2D eigenvalue weighted by atomic mass is 10.1. The maximum Gasteiger partial charge on any atom is 0.194 e. The van der Waals surface area contributed by atoms with Crippen LogP contribution in [0.15, 0.2) is 53.8 Å². The van der Waals surface area contributed by atoms with E-state index in [4.69, 9.17) is 4.99 Å². The zero-order valence-electron chi connectivity index (χ0n) is 19.8. The monoisotopic (exact) mass is 551 g/mol. The van der Waals surface area contributed by atoms with Gasteiger partial charge >= 0.3 is 0 Å². The molecule has 3 rings (SSSR count). The summed E-state index contributed by atoms with van der Waals surface area (Å²) in [6.07, 6.45) is 8.49. The zero-order chi connectivity index (χ0) is 22.1. The van der Waals surface area contributed by atoms with Crippen molar-refractivity contribution in [3.05, 3.63) is 59.9 Å². The molecule has 1 aromatic heterocycles. The molecule has 2 aromatic rings.